The second-order valence-corrected chi connectivity index (χ2v) is 7.57. The average Bonchev–Trinajstić information content (AvgIpc) is 2.84. The Hall–Kier alpha value is -0.995. The number of hydrogen-bond acceptors (Lipinski definition) is 3. The Morgan fingerprint density at radius 2 is 1.86 bits per heavy atom. The minimum Gasteiger partial charge on any atom is -0.497 e. The summed E-state index contributed by atoms with van der Waals surface area (Å²) >= 11 is 0. The van der Waals surface area contributed by atoms with Crippen molar-refractivity contribution in [1.29, 1.82) is 0 Å². The Labute approximate surface area is 127 Å². The maximum Gasteiger partial charge on any atom is 0.494 e. The molecule has 0 N–H and O–H groups in total. The van der Waals surface area contributed by atoms with Crippen LogP contribution < -0.4 is 10.2 Å². The van der Waals surface area contributed by atoms with Crippen LogP contribution in [0.15, 0.2) is 24.3 Å². The lowest BCUT2D eigenvalue weighted by Crippen LogP contribution is -2.65. The van der Waals surface area contributed by atoms with Gasteiger partial charge >= 0.3 is 7.12 Å². The summed E-state index contributed by atoms with van der Waals surface area (Å²) in [5.74, 6) is 2.26. The van der Waals surface area contributed by atoms with Crippen molar-refractivity contribution in [3.05, 3.63) is 24.3 Å². The monoisotopic (exact) mass is 286 g/mol. The van der Waals surface area contributed by atoms with Crippen LogP contribution in [0.2, 0.25) is 0 Å². The first-order valence-corrected chi connectivity index (χ1v) is 7.92. The van der Waals surface area contributed by atoms with Crippen molar-refractivity contribution < 1.29 is 14.0 Å². The molecule has 1 aliphatic heterocycles. The van der Waals surface area contributed by atoms with E-state index < -0.39 is 0 Å². The average molecular weight is 286 g/mol. The zero-order valence-electron chi connectivity index (χ0n) is 13.3. The van der Waals surface area contributed by atoms with Gasteiger partial charge in [0.25, 0.3) is 0 Å². The van der Waals surface area contributed by atoms with Gasteiger partial charge in [0.1, 0.15) is 5.75 Å². The fraction of sp³-hybridized carbons (Fsp3) is 0.647. The maximum absolute atomic E-state index is 6.44. The number of rotatable bonds is 2. The molecule has 3 saturated carbocycles. The van der Waals surface area contributed by atoms with Crippen LogP contribution >= 0.6 is 0 Å². The maximum atomic E-state index is 6.44. The fourth-order valence-electron chi connectivity index (χ4n) is 4.77. The van der Waals surface area contributed by atoms with Gasteiger partial charge in [-0.3, -0.25) is 0 Å². The van der Waals surface area contributed by atoms with Gasteiger partial charge in [0.2, 0.25) is 0 Å². The Balaban J connectivity index is 1.59. The zero-order chi connectivity index (χ0) is 14.8. The highest BCUT2D eigenvalue weighted by Gasteiger charge is 2.67. The zero-order valence-corrected chi connectivity index (χ0v) is 13.3. The topological polar surface area (TPSA) is 27.7 Å². The van der Waals surface area contributed by atoms with Crippen molar-refractivity contribution in [3.8, 4) is 5.75 Å². The second kappa shape index (κ2) is 4.27. The van der Waals surface area contributed by atoms with Crippen LogP contribution in [-0.2, 0) is 9.31 Å². The van der Waals surface area contributed by atoms with Crippen molar-refractivity contribution >= 4 is 12.6 Å². The summed E-state index contributed by atoms with van der Waals surface area (Å²) in [5, 5.41) is 0. The molecule has 4 atom stereocenters. The van der Waals surface area contributed by atoms with Gasteiger partial charge in [0.05, 0.1) is 18.8 Å². The lowest BCUT2D eigenvalue weighted by molar-refractivity contribution is -0.199. The third kappa shape index (κ3) is 1.75. The van der Waals surface area contributed by atoms with E-state index in [1.54, 1.807) is 7.11 Å². The van der Waals surface area contributed by atoms with Gasteiger partial charge in [-0.15, -0.1) is 0 Å². The number of hydrogen-bond donors (Lipinski definition) is 0. The molecule has 21 heavy (non-hydrogen) atoms. The second-order valence-electron chi connectivity index (χ2n) is 7.57. The SMILES string of the molecule is COc1ccc(B2O[C@H]3C[C@@H]4C[C@H](C4(C)C)[C@@]3(C)O2)cc1. The van der Waals surface area contributed by atoms with Gasteiger partial charge < -0.3 is 14.0 Å². The number of ether oxygens (including phenoxy) is 1. The van der Waals surface area contributed by atoms with Crippen LogP contribution in [0.1, 0.15) is 33.6 Å². The van der Waals surface area contributed by atoms with Crippen molar-refractivity contribution in [2.24, 2.45) is 17.3 Å². The summed E-state index contributed by atoms with van der Waals surface area (Å²) in [5.41, 5.74) is 1.34. The van der Waals surface area contributed by atoms with E-state index >= 15 is 0 Å². The van der Waals surface area contributed by atoms with Crippen LogP contribution in [0.25, 0.3) is 0 Å². The lowest BCUT2D eigenvalue weighted by atomic mass is 9.43. The van der Waals surface area contributed by atoms with Crippen LogP contribution in [-0.4, -0.2) is 25.9 Å². The molecule has 1 saturated heterocycles. The molecule has 4 aliphatic rings. The van der Waals surface area contributed by atoms with Crippen molar-refractivity contribution in [3.63, 3.8) is 0 Å². The largest absolute Gasteiger partial charge is 0.497 e. The molecule has 4 heteroatoms. The van der Waals surface area contributed by atoms with Gasteiger partial charge in [-0.2, -0.15) is 0 Å². The smallest absolute Gasteiger partial charge is 0.494 e. The quantitative estimate of drug-likeness (QED) is 0.782. The van der Waals surface area contributed by atoms with Gasteiger partial charge in [-0.1, -0.05) is 26.0 Å². The molecule has 3 nitrogen and oxygen atoms in total. The van der Waals surface area contributed by atoms with Crippen molar-refractivity contribution in [1.82, 2.24) is 0 Å². The molecular formula is C17H23BO3. The predicted molar refractivity (Wildman–Crippen MR) is 82.7 cm³/mol. The van der Waals surface area contributed by atoms with E-state index in [1.807, 2.05) is 24.3 Å². The third-order valence-corrected chi connectivity index (χ3v) is 6.34. The van der Waals surface area contributed by atoms with E-state index in [9.17, 15) is 0 Å². The first-order valence-electron chi connectivity index (χ1n) is 7.92. The van der Waals surface area contributed by atoms with Crippen molar-refractivity contribution in [2.45, 2.75) is 45.3 Å². The minimum atomic E-state index is -0.235. The van der Waals surface area contributed by atoms with Crippen LogP contribution in [0.5, 0.6) is 5.75 Å². The number of methoxy groups -OCH3 is 1. The molecule has 3 aliphatic carbocycles. The molecule has 1 aromatic rings. The molecule has 0 spiro atoms. The van der Waals surface area contributed by atoms with E-state index in [0.29, 0.717) is 11.3 Å². The summed E-state index contributed by atoms with van der Waals surface area (Å²) in [4.78, 5) is 0. The van der Waals surface area contributed by atoms with Gasteiger partial charge in [-0.25, -0.2) is 0 Å². The van der Waals surface area contributed by atoms with E-state index in [1.165, 1.54) is 6.42 Å². The van der Waals surface area contributed by atoms with E-state index in [-0.39, 0.29) is 18.8 Å². The van der Waals surface area contributed by atoms with E-state index in [2.05, 4.69) is 20.8 Å². The predicted octanol–water partition coefficient (Wildman–Crippen LogP) is 2.63. The summed E-state index contributed by atoms with van der Waals surface area (Å²) in [6, 6.07) is 8.02. The highest BCUT2D eigenvalue weighted by molar-refractivity contribution is 6.62. The molecule has 0 radical (unpaired) electrons. The number of benzene rings is 1. The van der Waals surface area contributed by atoms with Gasteiger partial charge in [0.15, 0.2) is 0 Å². The molecule has 1 aromatic carbocycles. The standard InChI is InChI=1S/C17H23BO3/c1-16(2)11-9-14(16)17(3)15(10-11)20-18(21-17)12-5-7-13(19-4)8-6-12/h5-8,11,14-15H,9-10H2,1-4H3/t11-,14+,15-,17+/m0/s1. The lowest BCUT2D eigenvalue weighted by Gasteiger charge is -2.64. The van der Waals surface area contributed by atoms with Crippen LogP contribution in [0.4, 0.5) is 0 Å². The summed E-state index contributed by atoms with van der Waals surface area (Å²) < 4.78 is 17.9. The normalized spacial score (nSPS) is 39.6. The molecule has 0 amide bonds. The van der Waals surface area contributed by atoms with Crippen LogP contribution in [0.3, 0.4) is 0 Å². The molecule has 0 unspecified atom stereocenters. The molecular weight excluding hydrogens is 263 g/mol. The van der Waals surface area contributed by atoms with Crippen LogP contribution in [0, 0.1) is 17.3 Å². The Bertz CT molecular complexity index is 556. The van der Waals surface area contributed by atoms with Gasteiger partial charge in [-0.05, 0) is 54.6 Å². The Morgan fingerprint density at radius 1 is 1.14 bits per heavy atom. The summed E-state index contributed by atoms with van der Waals surface area (Å²) in [7, 11) is 1.45. The Kier molecular flexibility index (Phi) is 2.77. The van der Waals surface area contributed by atoms with E-state index in [4.69, 9.17) is 14.0 Å². The van der Waals surface area contributed by atoms with Gasteiger partial charge in [0, 0.05) is 0 Å². The highest BCUT2D eigenvalue weighted by Crippen LogP contribution is 2.65. The third-order valence-electron chi connectivity index (χ3n) is 6.34. The van der Waals surface area contributed by atoms with Crippen molar-refractivity contribution in [2.75, 3.05) is 7.11 Å². The molecule has 2 bridgehead atoms. The van der Waals surface area contributed by atoms with E-state index in [0.717, 1.165) is 23.6 Å². The minimum absolute atomic E-state index is 0.136. The molecule has 0 aromatic heterocycles. The summed E-state index contributed by atoms with van der Waals surface area (Å²) in [6.45, 7) is 7.03. The molecule has 112 valence electrons. The first-order chi connectivity index (χ1) is 9.95. The summed E-state index contributed by atoms with van der Waals surface area (Å²) in [6.07, 6.45) is 2.66. The molecule has 1 heterocycles. The first kappa shape index (κ1) is 13.7. The fourth-order valence-corrected chi connectivity index (χ4v) is 4.77. The Morgan fingerprint density at radius 3 is 2.48 bits per heavy atom. The molecule has 4 fully saturated rings. The molecule has 5 rings (SSSR count). The highest BCUT2D eigenvalue weighted by atomic mass is 16.7.